The van der Waals surface area contributed by atoms with Gasteiger partial charge in [0.25, 0.3) is 0 Å². The highest BCUT2D eigenvalue weighted by molar-refractivity contribution is 6.41. The summed E-state index contributed by atoms with van der Waals surface area (Å²) in [6, 6.07) is 0. The molecule has 5 nitrogen and oxygen atoms in total. The average molecular weight is 281 g/mol. The SMILES string of the molecule is COc1c(Cl)c(C(=O)O)c(Cl)c(OC)c1OC. The van der Waals surface area contributed by atoms with Gasteiger partial charge in [-0.2, -0.15) is 0 Å². The van der Waals surface area contributed by atoms with E-state index in [9.17, 15) is 4.79 Å². The van der Waals surface area contributed by atoms with Gasteiger partial charge in [-0.05, 0) is 0 Å². The molecular formula is C10H10Cl2O5. The van der Waals surface area contributed by atoms with Crippen LogP contribution in [0.2, 0.25) is 10.0 Å². The van der Waals surface area contributed by atoms with Crippen LogP contribution in [0.25, 0.3) is 0 Å². The van der Waals surface area contributed by atoms with E-state index in [0.29, 0.717) is 0 Å². The van der Waals surface area contributed by atoms with Gasteiger partial charge in [0.05, 0.1) is 21.3 Å². The van der Waals surface area contributed by atoms with E-state index in [0.717, 1.165) is 0 Å². The molecule has 0 saturated carbocycles. The summed E-state index contributed by atoms with van der Waals surface area (Å²) in [6.45, 7) is 0. The fourth-order valence-electron chi connectivity index (χ4n) is 1.36. The van der Waals surface area contributed by atoms with Crippen LogP contribution >= 0.6 is 23.2 Å². The van der Waals surface area contributed by atoms with E-state index >= 15 is 0 Å². The lowest BCUT2D eigenvalue weighted by Crippen LogP contribution is -2.05. The maximum Gasteiger partial charge on any atom is 0.339 e. The van der Waals surface area contributed by atoms with Crippen molar-refractivity contribution >= 4 is 29.2 Å². The molecule has 7 heteroatoms. The van der Waals surface area contributed by atoms with Gasteiger partial charge in [0.1, 0.15) is 15.6 Å². The molecule has 17 heavy (non-hydrogen) atoms. The Kier molecular flexibility index (Phi) is 4.31. The molecule has 1 aromatic carbocycles. The van der Waals surface area contributed by atoms with Gasteiger partial charge in [-0.25, -0.2) is 4.79 Å². The predicted octanol–water partition coefficient (Wildman–Crippen LogP) is 2.72. The summed E-state index contributed by atoms with van der Waals surface area (Å²) < 4.78 is 15.0. The van der Waals surface area contributed by atoms with Gasteiger partial charge in [0.15, 0.2) is 11.5 Å². The molecular weight excluding hydrogens is 271 g/mol. The Morgan fingerprint density at radius 3 is 1.53 bits per heavy atom. The van der Waals surface area contributed by atoms with Crippen molar-refractivity contribution in [3.8, 4) is 17.2 Å². The third-order valence-electron chi connectivity index (χ3n) is 2.08. The summed E-state index contributed by atoms with van der Waals surface area (Å²) in [4.78, 5) is 11.1. The highest BCUT2D eigenvalue weighted by atomic mass is 35.5. The van der Waals surface area contributed by atoms with Gasteiger partial charge in [-0.15, -0.1) is 0 Å². The highest BCUT2D eigenvalue weighted by Gasteiger charge is 2.28. The van der Waals surface area contributed by atoms with E-state index in [2.05, 4.69) is 0 Å². The number of carboxylic acid groups (broad SMARTS) is 1. The van der Waals surface area contributed by atoms with Crippen LogP contribution in [0.5, 0.6) is 17.2 Å². The monoisotopic (exact) mass is 280 g/mol. The molecule has 0 amide bonds. The number of benzene rings is 1. The number of carboxylic acids is 1. The van der Waals surface area contributed by atoms with Gasteiger partial charge in [0.2, 0.25) is 5.75 Å². The maximum absolute atomic E-state index is 11.1. The second-order valence-electron chi connectivity index (χ2n) is 2.91. The van der Waals surface area contributed by atoms with Crippen molar-refractivity contribution in [2.45, 2.75) is 0 Å². The number of ether oxygens (including phenoxy) is 3. The van der Waals surface area contributed by atoms with E-state index in [1.54, 1.807) is 0 Å². The highest BCUT2D eigenvalue weighted by Crippen LogP contribution is 2.49. The zero-order chi connectivity index (χ0) is 13.2. The van der Waals surface area contributed by atoms with Crippen LogP contribution in [-0.2, 0) is 0 Å². The quantitative estimate of drug-likeness (QED) is 0.919. The van der Waals surface area contributed by atoms with Crippen molar-refractivity contribution in [1.29, 1.82) is 0 Å². The van der Waals surface area contributed by atoms with Crippen molar-refractivity contribution in [3.05, 3.63) is 15.6 Å². The number of halogens is 2. The van der Waals surface area contributed by atoms with E-state index in [1.807, 2.05) is 0 Å². The first-order valence-electron chi connectivity index (χ1n) is 4.39. The van der Waals surface area contributed by atoms with Gasteiger partial charge in [-0.1, -0.05) is 23.2 Å². The molecule has 0 aliphatic carbocycles. The number of aromatic carboxylic acids is 1. The van der Waals surface area contributed by atoms with Crippen LogP contribution in [0.3, 0.4) is 0 Å². The fourth-order valence-corrected chi connectivity index (χ4v) is 2.09. The summed E-state index contributed by atoms with van der Waals surface area (Å²) in [7, 11) is 4.04. The third-order valence-corrected chi connectivity index (χ3v) is 2.80. The first-order valence-corrected chi connectivity index (χ1v) is 5.15. The molecule has 0 bridgehead atoms. The van der Waals surface area contributed by atoms with Crippen LogP contribution in [-0.4, -0.2) is 32.4 Å². The summed E-state index contributed by atoms with van der Waals surface area (Å²) in [5.41, 5.74) is -0.289. The number of carbonyl (C=O) groups is 1. The second kappa shape index (κ2) is 5.33. The van der Waals surface area contributed by atoms with Gasteiger partial charge < -0.3 is 19.3 Å². The smallest absolute Gasteiger partial charge is 0.339 e. The first-order chi connectivity index (χ1) is 7.99. The molecule has 0 heterocycles. The molecule has 0 saturated heterocycles. The molecule has 94 valence electrons. The maximum atomic E-state index is 11.1. The summed E-state index contributed by atoms with van der Waals surface area (Å²) in [6.07, 6.45) is 0. The van der Waals surface area contributed by atoms with Gasteiger partial charge in [0, 0.05) is 0 Å². The van der Waals surface area contributed by atoms with Gasteiger partial charge in [-0.3, -0.25) is 0 Å². The summed E-state index contributed by atoms with van der Waals surface area (Å²) >= 11 is 11.8. The number of methoxy groups -OCH3 is 3. The van der Waals surface area contributed by atoms with Crippen LogP contribution < -0.4 is 14.2 Å². The Labute approximate surface area is 108 Å². The minimum atomic E-state index is -1.28. The van der Waals surface area contributed by atoms with Crippen molar-refractivity contribution < 1.29 is 24.1 Å². The predicted molar refractivity (Wildman–Crippen MR) is 63.1 cm³/mol. The Morgan fingerprint density at radius 2 is 1.29 bits per heavy atom. The molecule has 0 spiro atoms. The zero-order valence-electron chi connectivity index (χ0n) is 9.34. The Bertz CT molecular complexity index is 427. The molecule has 0 aliphatic rings. The zero-order valence-corrected chi connectivity index (χ0v) is 10.8. The van der Waals surface area contributed by atoms with Crippen molar-refractivity contribution in [1.82, 2.24) is 0 Å². The van der Waals surface area contributed by atoms with E-state index in [4.69, 9.17) is 42.5 Å². The fraction of sp³-hybridized carbons (Fsp3) is 0.300. The lowest BCUT2D eigenvalue weighted by Gasteiger charge is -2.16. The summed E-state index contributed by atoms with van der Waals surface area (Å²) in [5.74, 6) is -1.00. The van der Waals surface area contributed by atoms with Crippen molar-refractivity contribution in [2.75, 3.05) is 21.3 Å². The third kappa shape index (κ3) is 2.21. The van der Waals surface area contributed by atoms with Crippen molar-refractivity contribution in [3.63, 3.8) is 0 Å². The topological polar surface area (TPSA) is 65.0 Å². The van der Waals surface area contributed by atoms with E-state index in [-0.39, 0.29) is 32.9 Å². The minimum Gasteiger partial charge on any atom is -0.491 e. The molecule has 0 aliphatic heterocycles. The van der Waals surface area contributed by atoms with Crippen molar-refractivity contribution in [2.24, 2.45) is 0 Å². The van der Waals surface area contributed by atoms with Crippen LogP contribution in [0.1, 0.15) is 10.4 Å². The largest absolute Gasteiger partial charge is 0.491 e. The number of rotatable bonds is 4. The molecule has 1 aromatic rings. The molecule has 0 unspecified atom stereocenters. The van der Waals surface area contributed by atoms with Crippen LogP contribution in [0.15, 0.2) is 0 Å². The number of hydrogen-bond acceptors (Lipinski definition) is 4. The normalized spacial score (nSPS) is 9.94. The Morgan fingerprint density at radius 1 is 0.941 bits per heavy atom. The first kappa shape index (κ1) is 13.7. The number of hydrogen-bond donors (Lipinski definition) is 1. The molecule has 0 atom stereocenters. The van der Waals surface area contributed by atoms with E-state index < -0.39 is 5.97 Å². The lowest BCUT2D eigenvalue weighted by molar-refractivity contribution is 0.0696. The molecule has 1 N–H and O–H groups in total. The van der Waals surface area contributed by atoms with Gasteiger partial charge >= 0.3 is 5.97 Å². The second-order valence-corrected chi connectivity index (χ2v) is 3.66. The minimum absolute atomic E-state index is 0.0628. The molecule has 1 rings (SSSR count). The standard InChI is InChI=1S/C10H10Cl2O5/c1-15-7-5(11)4(10(13)14)6(12)8(16-2)9(7)17-3/h1-3H3,(H,13,14). The van der Waals surface area contributed by atoms with E-state index in [1.165, 1.54) is 21.3 Å². The lowest BCUT2D eigenvalue weighted by atomic mass is 10.1. The Balaban J connectivity index is 3.73. The summed E-state index contributed by atoms with van der Waals surface area (Å²) in [5, 5.41) is 8.76. The molecule has 0 fully saturated rings. The van der Waals surface area contributed by atoms with Crippen LogP contribution in [0, 0.1) is 0 Å². The average Bonchev–Trinajstić information content (AvgIpc) is 2.27. The molecule has 0 aromatic heterocycles. The van der Waals surface area contributed by atoms with Crippen LogP contribution in [0.4, 0.5) is 0 Å². The Hall–Kier alpha value is -1.33. The molecule has 0 radical (unpaired) electrons.